The van der Waals surface area contributed by atoms with Crippen molar-refractivity contribution in [2.75, 3.05) is 66.4 Å². The summed E-state index contributed by atoms with van der Waals surface area (Å²) < 4.78 is 35.5. The fourth-order valence-corrected chi connectivity index (χ4v) is 3.95. The molecule has 1 N–H and O–H groups in total. The molecule has 0 amide bonds. The first-order chi connectivity index (χ1) is 10.9. The number of nitrogens with one attached hydrogen (secondary N) is 1. The molecule has 9 heteroatoms. The third-order valence-corrected chi connectivity index (χ3v) is 5.54. The number of hydrogen-bond acceptors (Lipinski definition) is 5. The summed E-state index contributed by atoms with van der Waals surface area (Å²) in [5.41, 5.74) is 0. The van der Waals surface area contributed by atoms with Gasteiger partial charge in [-0.3, -0.25) is 4.99 Å². The van der Waals surface area contributed by atoms with E-state index in [4.69, 9.17) is 9.47 Å². The molecule has 0 aromatic heterocycles. The zero-order valence-electron chi connectivity index (χ0n) is 14.2. The molecule has 2 heterocycles. The fourth-order valence-electron chi connectivity index (χ4n) is 3.03. The number of aliphatic imine (C=N–C) groups is 1. The Bertz CT molecular complexity index is 509. The highest BCUT2D eigenvalue weighted by molar-refractivity contribution is 7.88. The van der Waals surface area contributed by atoms with E-state index in [-0.39, 0.29) is 6.10 Å². The van der Waals surface area contributed by atoms with Gasteiger partial charge in [-0.1, -0.05) is 0 Å². The molecule has 0 radical (unpaired) electrons. The fraction of sp³-hybridized carbons (Fsp3) is 0.929. The third kappa shape index (κ3) is 5.30. The van der Waals surface area contributed by atoms with Crippen LogP contribution in [0.25, 0.3) is 0 Å². The number of sulfonamides is 1. The molecule has 2 fully saturated rings. The monoisotopic (exact) mass is 348 g/mol. The lowest BCUT2D eigenvalue weighted by atomic mass is 10.1. The van der Waals surface area contributed by atoms with Crippen molar-refractivity contribution in [2.45, 2.75) is 12.5 Å². The van der Waals surface area contributed by atoms with Gasteiger partial charge >= 0.3 is 0 Å². The van der Waals surface area contributed by atoms with Crippen LogP contribution in [-0.2, 0) is 19.5 Å². The molecule has 2 saturated heterocycles. The van der Waals surface area contributed by atoms with Crippen LogP contribution in [0.1, 0.15) is 6.42 Å². The maximum Gasteiger partial charge on any atom is 0.211 e. The molecule has 134 valence electrons. The molecule has 2 rings (SSSR count). The van der Waals surface area contributed by atoms with E-state index >= 15 is 0 Å². The highest BCUT2D eigenvalue weighted by atomic mass is 32.2. The first-order valence-electron chi connectivity index (χ1n) is 7.95. The molecule has 0 aromatic carbocycles. The molecule has 8 nitrogen and oxygen atoms in total. The smallest absolute Gasteiger partial charge is 0.211 e. The number of rotatable bonds is 5. The molecular weight excluding hydrogens is 320 g/mol. The standard InChI is InChI=1S/C14H28N4O4S/c1-15-14(17-6-7-22-13(10-17)11-21-2)16-8-12-4-5-18(9-12)23(3,19)20/h12-13H,4-11H2,1-3H3,(H,15,16). The molecule has 2 aliphatic heterocycles. The van der Waals surface area contributed by atoms with Crippen LogP contribution in [0.2, 0.25) is 0 Å². The van der Waals surface area contributed by atoms with Crippen LogP contribution < -0.4 is 5.32 Å². The lowest BCUT2D eigenvalue weighted by Crippen LogP contribution is -2.52. The van der Waals surface area contributed by atoms with Gasteiger partial charge in [-0.05, 0) is 12.3 Å². The van der Waals surface area contributed by atoms with Crippen LogP contribution >= 0.6 is 0 Å². The molecule has 2 unspecified atom stereocenters. The van der Waals surface area contributed by atoms with E-state index in [0.29, 0.717) is 32.2 Å². The second-order valence-corrected chi connectivity index (χ2v) is 8.08. The summed E-state index contributed by atoms with van der Waals surface area (Å²) in [5, 5.41) is 3.37. The molecular formula is C14H28N4O4S. The second kappa shape index (κ2) is 8.27. The van der Waals surface area contributed by atoms with E-state index in [9.17, 15) is 8.42 Å². The van der Waals surface area contributed by atoms with Crippen molar-refractivity contribution in [1.82, 2.24) is 14.5 Å². The van der Waals surface area contributed by atoms with E-state index < -0.39 is 10.0 Å². The summed E-state index contributed by atoms with van der Waals surface area (Å²) in [7, 11) is 0.355. The molecule has 0 aliphatic carbocycles. The summed E-state index contributed by atoms with van der Waals surface area (Å²) >= 11 is 0. The van der Waals surface area contributed by atoms with Gasteiger partial charge in [0.2, 0.25) is 10.0 Å². The van der Waals surface area contributed by atoms with Gasteiger partial charge in [0, 0.05) is 46.9 Å². The van der Waals surface area contributed by atoms with Crippen LogP contribution in [0.4, 0.5) is 0 Å². The van der Waals surface area contributed by atoms with Crippen molar-refractivity contribution in [3.63, 3.8) is 0 Å². The van der Waals surface area contributed by atoms with Crippen LogP contribution in [0.3, 0.4) is 0 Å². The Hall–Kier alpha value is -0.900. The highest BCUT2D eigenvalue weighted by Gasteiger charge is 2.29. The minimum Gasteiger partial charge on any atom is -0.382 e. The number of nitrogens with zero attached hydrogens (tertiary/aromatic N) is 3. The van der Waals surface area contributed by atoms with Crippen molar-refractivity contribution in [2.24, 2.45) is 10.9 Å². The Labute approximate surface area is 138 Å². The Kier molecular flexibility index (Phi) is 6.63. The van der Waals surface area contributed by atoms with Gasteiger partial charge in [0.15, 0.2) is 5.96 Å². The summed E-state index contributed by atoms with van der Waals surface area (Å²) in [6.07, 6.45) is 2.21. The van der Waals surface area contributed by atoms with Crippen molar-refractivity contribution >= 4 is 16.0 Å². The van der Waals surface area contributed by atoms with Gasteiger partial charge in [-0.25, -0.2) is 12.7 Å². The van der Waals surface area contributed by atoms with Crippen LogP contribution in [0, 0.1) is 5.92 Å². The number of methoxy groups -OCH3 is 1. The Morgan fingerprint density at radius 1 is 1.39 bits per heavy atom. The topological polar surface area (TPSA) is 83.5 Å². The molecule has 2 aliphatic rings. The lowest BCUT2D eigenvalue weighted by molar-refractivity contribution is -0.0447. The van der Waals surface area contributed by atoms with Gasteiger partial charge in [0.05, 0.1) is 25.6 Å². The molecule has 0 bridgehead atoms. The average Bonchev–Trinajstić information content (AvgIpc) is 2.98. The third-order valence-electron chi connectivity index (χ3n) is 4.27. The summed E-state index contributed by atoms with van der Waals surface area (Å²) in [6, 6.07) is 0. The summed E-state index contributed by atoms with van der Waals surface area (Å²) in [4.78, 5) is 6.50. The molecule has 0 spiro atoms. The second-order valence-electron chi connectivity index (χ2n) is 6.10. The first-order valence-corrected chi connectivity index (χ1v) is 9.80. The zero-order chi connectivity index (χ0) is 16.9. The minimum atomic E-state index is -3.08. The maximum absolute atomic E-state index is 11.6. The van der Waals surface area contributed by atoms with Crippen LogP contribution in [0.15, 0.2) is 4.99 Å². The van der Waals surface area contributed by atoms with Crippen LogP contribution in [0.5, 0.6) is 0 Å². The van der Waals surface area contributed by atoms with E-state index in [1.54, 1.807) is 18.5 Å². The van der Waals surface area contributed by atoms with E-state index in [1.807, 2.05) is 0 Å². The average molecular weight is 348 g/mol. The SMILES string of the molecule is CN=C(NCC1CCN(S(C)(=O)=O)C1)N1CCOC(COC)C1. The van der Waals surface area contributed by atoms with Gasteiger partial charge in [0.1, 0.15) is 0 Å². The number of hydrogen-bond donors (Lipinski definition) is 1. The lowest BCUT2D eigenvalue weighted by Gasteiger charge is -2.35. The minimum absolute atomic E-state index is 0.0551. The number of morpholine rings is 1. The normalized spacial score (nSPS) is 27.4. The molecule has 23 heavy (non-hydrogen) atoms. The van der Waals surface area contributed by atoms with Gasteiger partial charge in [-0.2, -0.15) is 0 Å². The van der Waals surface area contributed by atoms with E-state index in [2.05, 4.69) is 15.2 Å². The van der Waals surface area contributed by atoms with Crippen molar-refractivity contribution in [3.8, 4) is 0 Å². The number of guanidine groups is 1. The predicted octanol–water partition coefficient (Wildman–Crippen LogP) is -0.809. The Morgan fingerprint density at radius 3 is 2.78 bits per heavy atom. The Balaban J connectivity index is 1.82. The Morgan fingerprint density at radius 2 is 2.17 bits per heavy atom. The predicted molar refractivity (Wildman–Crippen MR) is 89.1 cm³/mol. The van der Waals surface area contributed by atoms with E-state index in [0.717, 1.165) is 32.0 Å². The molecule has 0 aromatic rings. The summed E-state index contributed by atoms with van der Waals surface area (Å²) in [5.74, 6) is 1.16. The maximum atomic E-state index is 11.6. The van der Waals surface area contributed by atoms with Gasteiger partial charge < -0.3 is 19.7 Å². The summed E-state index contributed by atoms with van der Waals surface area (Å²) in [6.45, 7) is 4.67. The van der Waals surface area contributed by atoms with Crippen LogP contribution in [-0.4, -0.2) is 96.0 Å². The largest absolute Gasteiger partial charge is 0.382 e. The van der Waals surface area contributed by atoms with Crippen molar-refractivity contribution in [3.05, 3.63) is 0 Å². The molecule has 0 saturated carbocycles. The van der Waals surface area contributed by atoms with Crippen molar-refractivity contribution < 1.29 is 17.9 Å². The van der Waals surface area contributed by atoms with Gasteiger partial charge in [-0.15, -0.1) is 0 Å². The first kappa shape index (κ1) is 18.4. The highest BCUT2D eigenvalue weighted by Crippen LogP contribution is 2.18. The van der Waals surface area contributed by atoms with E-state index in [1.165, 1.54) is 6.26 Å². The van der Waals surface area contributed by atoms with Gasteiger partial charge in [0.25, 0.3) is 0 Å². The zero-order valence-corrected chi connectivity index (χ0v) is 15.0. The number of ether oxygens (including phenoxy) is 2. The molecule has 2 atom stereocenters. The van der Waals surface area contributed by atoms with Crippen molar-refractivity contribution in [1.29, 1.82) is 0 Å². The quantitative estimate of drug-likeness (QED) is 0.517.